The molecule has 0 fully saturated rings. The number of benzene rings is 1. The first kappa shape index (κ1) is 9.27. The number of hydrogen-bond donors (Lipinski definition) is 0. The Bertz CT molecular complexity index is 554. The molecule has 0 amide bonds. The van der Waals surface area contributed by atoms with Gasteiger partial charge in [-0.1, -0.05) is 18.2 Å². The quantitative estimate of drug-likeness (QED) is 0.757. The van der Waals surface area contributed by atoms with Gasteiger partial charge in [0.25, 0.3) is 0 Å². The van der Waals surface area contributed by atoms with E-state index in [1.54, 1.807) is 13.1 Å². The van der Waals surface area contributed by atoms with E-state index in [9.17, 15) is 8.42 Å². The van der Waals surface area contributed by atoms with Crippen LogP contribution in [-0.4, -0.2) is 18.1 Å². The summed E-state index contributed by atoms with van der Waals surface area (Å²) in [5.74, 6) is 0.117. The van der Waals surface area contributed by atoms with Crippen molar-refractivity contribution in [2.75, 3.05) is 5.75 Å². The van der Waals surface area contributed by atoms with Crippen LogP contribution in [0.3, 0.4) is 0 Å². The zero-order chi connectivity index (χ0) is 10.2. The van der Waals surface area contributed by atoms with Gasteiger partial charge in [0, 0.05) is 11.6 Å². The lowest BCUT2D eigenvalue weighted by Crippen LogP contribution is -2.13. The van der Waals surface area contributed by atoms with E-state index in [-0.39, 0.29) is 5.75 Å². The van der Waals surface area contributed by atoms with Gasteiger partial charge in [0.15, 0.2) is 0 Å². The number of rotatable bonds is 2. The Morgan fingerprint density at radius 2 is 1.93 bits per heavy atom. The molecule has 4 heteroatoms. The number of fused-ring (bicyclic) bond motifs is 1. The topological polar surface area (TPSA) is 39.1 Å². The first-order chi connectivity index (χ1) is 6.65. The molecule has 0 atom stereocenters. The minimum atomic E-state index is -3.16. The highest BCUT2D eigenvalue weighted by atomic mass is 32.2. The Hall–Kier alpha value is -1.29. The highest BCUT2D eigenvalue weighted by molar-refractivity contribution is 7.90. The molecule has 1 heterocycles. The van der Waals surface area contributed by atoms with E-state index in [0.717, 1.165) is 10.9 Å². The van der Waals surface area contributed by atoms with Gasteiger partial charge < -0.3 is 0 Å². The maximum absolute atomic E-state index is 11.6. The molecule has 3 nitrogen and oxygen atoms in total. The minimum Gasteiger partial charge on any atom is -0.245 e. The zero-order valence-electron chi connectivity index (χ0n) is 7.84. The maximum Gasteiger partial charge on any atom is 0.238 e. The van der Waals surface area contributed by atoms with E-state index >= 15 is 0 Å². The third-order valence-electron chi connectivity index (χ3n) is 2.23. The summed E-state index contributed by atoms with van der Waals surface area (Å²) in [6.07, 6.45) is 1.60. The summed E-state index contributed by atoms with van der Waals surface area (Å²) in [6, 6.07) is 9.25. The van der Waals surface area contributed by atoms with Gasteiger partial charge in [0.2, 0.25) is 10.0 Å². The van der Waals surface area contributed by atoms with E-state index in [2.05, 4.69) is 0 Å². The SMILES string of the molecule is CCS(=O)(=O)n1ccc2ccccc21. The van der Waals surface area contributed by atoms with Gasteiger partial charge in [-0.25, -0.2) is 12.4 Å². The Morgan fingerprint density at radius 3 is 2.64 bits per heavy atom. The van der Waals surface area contributed by atoms with Crippen molar-refractivity contribution >= 4 is 20.9 Å². The summed E-state index contributed by atoms with van der Waals surface area (Å²) in [6.45, 7) is 1.64. The van der Waals surface area contributed by atoms with Crippen LogP contribution < -0.4 is 0 Å². The molecule has 0 saturated carbocycles. The summed E-state index contributed by atoms with van der Waals surface area (Å²) in [7, 11) is -3.16. The molecule has 1 aromatic heterocycles. The molecule has 0 aliphatic rings. The summed E-state index contributed by atoms with van der Waals surface area (Å²) in [4.78, 5) is 0. The predicted molar refractivity (Wildman–Crippen MR) is 56.8 cm³/mol. The highest BCUT2D eigenvalue weighted by Crippen LogP contribution is 2.17. The first-order valence-corrected chi connectivity index (χ1v) is 6.05. The van der Waals surface area contributed by atoms with Gasteiger partial charge in [0.05, 0.1) is 11.3 Å². The largest absolute Gasteiger partial charge is 0.245 e. The fraction of sp³-hybridized carbons (Fsp3) is 0.200. The lowest BCUT2D eigenvalue weighted by molar-refractivity contribution is 0.590. The average molecular weight is 209 g/mol. The second-order valence-electron chi connectivity index (χ2n) is 3.07. The summed E-state index contributed by atoms with van der Waals surface area (Å²) in [5.41, 5.74) is 0.745. The predicted octanol–water partition coefficient (Wildman–Crippen LogP) is 1.84. The van der Waals surface area contributed by atoms with Crippen LogP contribution in [-0.2, 0) is 10.0 Å². The number of aromatic nitrogens is 1. The van der Waals surface area contributed by atoms with Crippen molar-refractivity contribution in [1.29, 1.82) is 0 Å². The van der Waals surface area contributed by atoms with Crippen molar-refractivity contribution in [1.82, 2.24) is 3.97 Å². The Labute approximate surface area is 83.0 Å². The van der Waals surface area contributed by atoms with Crippen LogP contribution >= 0.6 is 0 Å². The molecular weight excluding hydrogens is 198 g/mol. The smallest absolute Gasteiger partial charge is 0.238 e. The van der Waals surface area contributed by atoms with Gasteiger partial charge in [0.1, 0.15) is 0 Å². The van der Waals surface area contributed by atoms with E-state index in [0.29, 0.717) is 0 Å². The van der Waals surface area contributed by atoms with Gasteiger partial charge in [-0.3, -0.25) is 0 Å². The molecule has 14 heavy (non-hydrogen) atoms. The summed E-state index contributed by atoms with van der Waals surface area (Å²) >= 11 is 0. The molecule has 0 saturated heterocycles. The van der Waals surface area contributed by atoms with Gasteiger partial charge in [-0.15, -0.1) is 0 Å². The van der Waals surface area contributed by atoms with Crippen LogP contribution in [0.4, 0.5) is 0 Å². The monoisotopic (exact) mass is 209 g/mol. The lowest BCUT2D eigenvalue weighted by Gasteiger charge is -2.03. The molecule has 74 valence electrons. The van der Waals surface area contributed by atoms with Crippen molar-refractivity contribution in [3.05, 3.63) is 36.5 Å². The van der Waals surface area contributed by atoms with Crippen LogP contribution in [0.2, 0.25) is 0 Å². The molecule has 0 N–H and O–H groups in total. The molecule has 0 aliphatic carbocycles. The second-order valence-corrected chi connectivity index (χ2v) is 5.21. The molecule has 0 bridgehead atoms. The van der Waals surface area contributed by atoms with Crippen LogP contribution in [0.15, 0.2) is 36.5 Å². The van der Waals surface area contributed by atoms with Gasteiger partial charge in [-0.2, -0.15) is 0 Å². The van der Waals surface area contributed by atoms with E-state index < -0.39 is 10.0 Å². The lowest BCUT2D eigenvalue weighted by atomic mass is 10.3. The molecule has 2 rings (SSSR count). The van der Waals surface area contributed by atoms with Crippen LogP contribution in [0, 0.1) is 0 Å². The molecule has 0 spiro atoms. The normalized spacial score (nSPS) is 12.1. The van der Waals surface area contributed by atoms with Crippen molar-refractivity contribution in [3.63, 3.8) is 0 Å². The number of nitrogens with zero attached hydrogens (tertiary/aromatic N) is 1. The average Bonchev–Trinajstić information content (AvgIpc) is 2.61. The summed E-state index contributed by atoms with van der Waals surface area (Å²) in [5, 5.41) is 0.949. The number of hydrogen-bond acceptors (Lipinski definition) is 2. The van der Waals surface area contributed by atoms with Crippen molar-refractivity contribution < 1.29 is 8.42 Å². The van der Waals surface area contributed by atoms with E-state index in [1.807, 2.05) is 30.3 Å². The van der Waals surface area contributed by atoms with Crippen LogP contribution in [0.5, 0.6) is 0 Å². The molecule has 0 unspecified atom stereocenters. The zero-order valence-corrected chi connectivity index (χ0v) is 8.66. The Morgan fingerprint density at radius 1 is 1.21 bits per heavy atom. The third-order valence-corrected chi connectivity index (χ3v) is 3.88. The fourth-order valence-electron chi connectivity index (χ4n) is 1.44. The first-order valence-electron chi connectivity index (χ1n) is 4.44. The van der Waals surface area contributed by atoms with Gasteiger partial charge in [-0.05, 0) is 19.1 Å². The third kappa shape index (κ3) is 1.32. The minimum absolute atomic E-state index is 0.117. The van der Waals surface area contributed by atoms with E-state index in [1.165, 1.54) is 3.97 Å². The Balaban J connectivity index is 2.77. The van der Waals surface area contributed by atoms with Crippen molar-refractivity contribution in [3.8, 4) is 0 Å². The highest BCUT2D eigenvalue weighted by Gasteiger charge is 2.11. The maximum atomic E-state index is 11.6. The second kappa shape index (κ2) is 3.13. The molecule has 0 aliphatic heterocycles. The van der Waals surface area contributed by atoms with E-state index in [4.69, 9.17) is 0 Å². The Kier molecular flexibility index (Phi) is 2.07. The summed E-state index contributed by atoms with van der Waals surface area (Å²) < 4.78 is 24.6. The molecule has 0 radical (unpaired) electrons. The number of para-hydroxylation sites is 1. The van der Waals surface area contributed by atoms with Crippen LogP contribution in [0.25, 0.3) is 10.9 Å². The van der Waals surface area contributed by atoms with Crippen molar-refractivity contribution in [2.45, 2.75) is 6.92 Å². The fourth-order valence-corrected chi connectivity index (χ4v) is 2.43. The van der Waals surface area contributed by atoms with Crippen LogP contribution in [0.1, 0.15) is 6.92 Å². The molecule has 2 aromatic rings. The van der Waals surface area contributed by atoms with Crippen molar-refractivity contribution in [2.24, 2.45) is 0 Å². The standard InChI is InChI=1S/C10H11NO2S/c1-2-14(12,13)11-8-7-9-5-3-4-6-10(9)11/h3-8H,2H2,1H3. The van der Waals surface area contributed by atoms with Gasteiger partial charge >= 0.3 is 0 Å². The molecular formula is C10H11NO2S. The molecule has 1 aromatic carbocycles.